The first-order valence-electron chi connectivity index (χ1n) is 15.1. The minimum atomic E-state index is -0.248. The highest BCUT2D eigenvalue weighted by Gasteiger charge is 2.16. The fourth-order valence-corrected chi connectivity index (χ4v) is 6.28. The summed E-state index contributed by atoms with van der Waals surface area (Å²) in [6.45, 7) is 0. The molecule has 1 aromatic heterocycles. The summed E-state index contributed by atoms with van der Waals surface area (Å²) in [6.07, 6.45) is 0. The summed E-state index contributed by atoms with van der Waals surface area (Å²) >= 11 is 0. The van der Waals surface area contributed by atoms with E-state index in [1.165, 1.54) is 45.1 Å². The summed E-state index contributed by atoms with van der Waals surface area (Å²) < 4.78 is 16.1. The van der Waals surface area contributed by atoms with E-state index in [1.54, 1.807) is 0 Å². The van der Waals surface area contributed by atoms with Crippen LogP contribution in [-0.4, -0.2) is 4.57 Å². The topological polar surface area (TPSA) is 8.17 Å². The van der Waals surface area contributed by atoms with Gasteiger partial charge < -0.3 is 9.47 Å². The SMILES string of the molecule is Fc1ccc(N(c2ccccc2)c2ccc(-c3ccc4c(c3)c3ccc(-c5ccccc5)cc3n4-c3ccccc3)cc2)cc1. The Hall–Kier alpha value is -5.93. The van der Waals surface area contributed by atoms with Crippen LogP contribution in [0, 0.1) is 5.82 Å². The molecule has 45 heavy (non-hydrogen) atoms. The van der Waals surface area contributed by atoms with Crippen molar-refractivity contribution in [2.45, 2.75) is 0 Å². The number of aromatic nitrogens is 1. The molecule has 0 aliphatic rings. The minimum absolute atomic E-state index is 0.248. The Kier molecular flexibility index (Phi) is 6.69. The van der Waals surface area contributed by atoms with Crippen molar-refractivity contribution in [2.24, 2.45) is 0 Å². The van der Waals surface area contributed by atoms with E-state index in [9.17, 15) is 4.39 Å². The molecule has 0 radical (unpaired) electrons. The monoisotopic (exact) mass is 580 g/mol. The van der Waals surface area contributed by atoms with Gasteiger partial charge in [0.1, 0.15) is 5.82 Å². The lowest BCUT2D eigenvalue weighted by Crippen LogP contribution is -2.09. The van der Waals surface area contributed by atoms with Crippen molar-refractivity contribution in [1.29, 1.82) is 0 Å². The smallest absolute Gasteiger partial charge is 0.123 e. The fraction of sp³-hybridized carbons (Fsp3) is 0. The van der Waals surface area contributed by atoms with Gasteiger partial charge in [-0.2, -0.15) is 0 Å². The van der Waals surface area contributed by atoms with Crippen LogP contribution in [0.2, 0.25) is 0 Å². The first kappa shape index (κ1) is 26.7. The lowest BCUT2D eigenvalue weighted by atomic mass is 10.0. The number of para-hydroxylation sites is 2. The number of fused-ring (bicyclic) bond motifs is 3. The molecule has 0 atom stereocenters. The predicted molar refractivity (Wildman–Crippen MR) is 186 cm³/mol. The van der Waals surface area contributed by atoms with Crippen molar-refractivity contribution in [3.05, 3.63) is 182 Å². The third-order valence-electron chi connectivity index (χ3n) is 8.45. The van der Waals surface area contributed by atoms with Gasteiger partial charge in [-0.25, -0.2) is 4.39 Å². The quantitative estimate of drug-likeness (QED) is 0.190. The maximum absolute atomic E-state index is 13.8. The van der Waals surface area contributed by atoms with Gasteiger partial charge >= 0.3 is 0 Å². The molecule has 2 nitrogen and oxygen atoms in total. The van der Waals surface area contributed by atoms with Crippen LogP contribution in [0.3, 0.4) is 0 Å². The normalized spacial score (nSPS) is 11.2. The standard InChI is InChI=1S/C42H29FN2/c43-34-20-24-38(25-21-34)44(35-12-6-2-7-13-35)37-22-16-31(17-23-37)32-19-27-41-40(28-32)39-26-18-33(30-10-4-1-5-11-30)29-42(39)45(41)36-14-8-3-9-15-36/h1-29H. The second kappa shape index (κ2) is 11.3. The Morgan fingerprint density at radius 2 is 0.889 bits per heavy atom. The molecule has 8 aromatic rings. The van der Waals surface area contributed by atoms with E-state index in [-0.39, 0.29) is 5.82 Å². The summed E-state index contributed by atoms with van der Waals surface area (Å²) in [5.74, 6) is -0.248. The van der Waals surface area contributed by atoms with Crippen LogP contribution in [0.25, 0.3) is 49.7 Å². The van der Waals surface area contributed by atoms with Crippen molar-refractivity contribution in [2.75, 3.05) is 4.90 Å². The highest BCUT2D eigenvalue weighted by molar-refractivity contribution is 6.11. The first-order chi connectivity index (χ1) is 22.2. The number of rotatable bonds is 6. The summed E-state index contributed by atoms with van der Waals surface area (Å²) in [5, 5.41) is 2.44. The molecule has 0 spiro atoms. The van der Waals surface area contributed by atoms with Gasteiger partial charge in [-0.1, -0.05) is 97.1 Å². The highest BCUT2D eigenvalue weighted by atomic mass is 19.1. The lowest BCUT2D eigenvalue weighted by molar-refractivity contribution is 0.628. The van der Waals surface area contributed by atoms with Crippen molar-refractivity contribution in [1.82, 2.24) is 4.57 Å². The highest BCUT2D eigenvalue weighted by Crippen LogP contribution is 2.39. The summed E-state index contributed by atoms with van der Waals surface area (Å²) in [5.41, 5.74) is 11.1. The van der Waals surface area contributed by atoms with E-state index in [2.05, 4.69) is 143 Å². The van der Waals surface area contributed by atoms with Crippen LogP contribution in [0.15, 0.2) is 176 Å². The minimum Gasteiger partial charge on any atom is -0.311 e. The maximum atomic E-state index is 13.8. The van der Waals surface area contributed by atoms with Crippen LogP contribution in [0.4, 0.5) is 21.5 Å². The molecule has 0 saturated carbocycles. The number of halogens is 1. The van der Waals surface area contributed by atoms with E-state index in [4.69, 9.17) is 0 Å². The molecule has 8 rings (SSSR count). The molecule has 0 saturated heterocycles. The van der Waals surface area contributed by atoms with Crippen molar-refractivity contribution in [3.63, 3.8) is 0 Å². The van der Waals surface area contributed by atoms with Crippen molar-refractivity contribution in [3.8, 4) is 27.9 Å². The maximum Gasteiger partial charge on any atom is 0.123 e. The number of nitrogens with zero attached hydrogens (tertiary/aromatic N) is 2. The predicted octanol–water partition coefficient (Wildman–Crippen LogP) is 11.7. The van der Waals surface area contributed by atoms with Crippen molar-refractivity contribution >= 4 is 38.9 Å². The molecule has 1 heterocycles. The van der Waals surface area contributed by atoms with Crippen LogP contribution in [0.1, 0.15) is 0 Å². The zero-order chi connectivity index (χ0) is 30.2. The Bertz CT molecular complexity index is 2240. The molecule has 3 heteroatoms. The summed E-state index contributed by atoms with van der Waals surface area (Å²) in [6, 6.07) is 60.1. The zero-order valence-electron chi connectivity index (χ0n) is 24.5. The molecule has 0 amide bonds. The lowest BCUT2D eigenvalue weighted by Gasteiger charge is -2.25. The molecular weight excluding hydrogens is 551 g/mol. The third-order valence-corrected chi connectivity index (χ3v) is 8.45. The summed E-state index contributed by atoms with van der Waals surface area (Å²) in [4.78, 5) is 2.14. The van der Waals surface area contributed by atoms with Gasteiger partial charge in [0, 0.05) is 33.5 Å². The van der Waals surface area contributed by atoms with E-state index in [1.807, 2.05) is 30.3 Å². The number of benzene rings is 7. The van der Waals surface area contributed by atoms with Crippen molar-refractivity contribution < 1.29 is 4.39 Å². The Morgan fingerprint density at radius 1 is 0.378 bits per heavy atom. The van der Waals surface area contributed by atoms with Crippen LogP contribution in [0.5, 0.6) is 0 Å². The van der Waals surface area contributed by atoms with Gasteiger partial charge in [0.2, 0.25) is 0 Å². The molecule has 0 unspecified atom stereocenters. The van der Waals surface area contributed by atoms with E-state index < -0.39 is 0 Å². The van der Waals surface area contributed by atoms with Crippen LogP contribution in [-0.2, 0) is 0 Å². The van der Waals surface area contributed by atoms with E-state index in [0.29, 0.717) is 0 Å². The second-order valence-corrected chi connectivity index (χ2v) is 11.2. The Morgan fingerprint density at radius 3 is 1.58 bits per heavy atom. The van der Waals surface area contributed by atoms with Gasteiger partial charge in [0.15, 0.2) is 0 Å². The molecule has 0 fully saturated rings. The molecule has 0 N–H and O–H groups in total. The van der Waals surface area contributed by atoms with Gasteiger partial charge in [0.05, 0.1) is 11.0 Å². The molecule has 0 aliphatic heterocycles. The Balaban J connectivity index is 1.24. The number of hydrogen-bond donors (Lipinski definition) is 0. The molecular formula is C42H29FN2. The van der Waals surface area contributed by atoms with E-state index in [0.717, 1.165) is 33.9 Å². The Labute approximate surface area is 261 Å². The van der Waals surface area contributed by atoms with E-state index >= 15 is 0 Å². The number of hydrogen-bond acceptors (Lipinski definition) is 1. The van der Waals surface area contributed by atoms with Crippen LogP contribution >= 0.6 is 0 Å². The average molecular weight is 581 g/mol. The second-order valence-electron chi connectivity index (χ2n) is 11.2. The van der Waals surface area contributed by atoms with Gasteiger partial charge in [-0.3, -0.25) is 0 Å². The first-order valence-corrected chi connectivity index (χ1v) is 15.1. The van der Waals surface area contributed by atoms with Gasteiger partial charge in [0.25, 0.3) is 0 Å². The van der Waals surface area contributed by atoms with Gasteiger partial charge in [-0.05, 0) is 101 Å². The largest absolute Gasteiger partial charge is 0.311 e. The molecule has 7 aromatic carbocycles. The number of anilines is 3. The zero-order valence-corrected chi connectivity index (χ0v) is 24.5. The average Bonchev–Trinajstić information content (AvgIpc) is 3.44. The van der Waals surface area contributed by atoms with Crippen LogP contribution < -0.4 is 4.90 Å². The molecule has 0 aliphatic carbocycles. The molecule has 214 valence electrons. The van der Waals surface area contributed by atoms with Gasteiger partial charge in [-0.15, -0.1) is 0 Å². The fourth-order valence-electron chi connectivity index (χ4n) is 6.28. The molecule has 0 bridgehead atoms. The summed E-state index contributed by atoms with van der Waals surface area (Å²) in [7, 11) is 0. The third kappa shape index (κ3) is 4.95.